The second-order valence-electron chi connectivity index (χ2n) is 6.00. The van der Waals surface area contributed by atoms with Crippen LogP contribution in [0.15, 0.2) is 10.5 Å². The predicted octanol–water partition coefficient (Wildman–Crippen LogP) is 3.45. The molecule has 1 aliphatic rings. The van der Waals surface area contributed by atoms with Crippen LogP contribution in [0.5, 0.6) is 0 Å². The van der Waals surface area contributed by atoms with Crippen LogP contribution in [0, 0.1) is 12.8 Å². The van der Waals surface area contributed by atoms with E-state index in [1.54, 1.807) is 0 Å². The average Bonchev–Trinajstić information content (AvgIpc) is 2.78. The van der Waals surface area contributed by atoms with Crippen LogP contribution < -0.4 is 5.73 Å². The lowest BCUT2D eigenvalue weighted by Gasteiger charge is -2.34. The molecule has 0 aromatic carbocycles. The third-order valence-electron chi connectivity index (χ3n) is 4.71. The summed E-state index contributed by atoms with van der Waals surface area (Å²) in [5.41, 5.74) is 6.83. The molecule has 1 aromatic heterocycles. The van der Waals surface area contributed by atoms with E-state index in [4.69, 9.17) is 10.2 Å². The molecule has 108 valence electrons. The Kier molecular flexibility index (Phi) is 5.06. The molecule has 0 saturated heterocycles. The topological polar surface area (TPSA) is 42.4 Å². The summed E-state index contributed by atoms with van der Waals surface area (Å²) in [7, 11) is 2.22. The minimum absolute atomic E-state index is 0.570. The van der Waals surface area contributed by atoms with E-state index >= 15 is 0 Å². The molecule has 0 atom stereocenters. The second-order valence-corrected chi connectivity index (χ2v) is 6.00. The molecule has 0 unspecified atom stereocenters. The molecule has 3 heteroatoms. The van der Waals surface area contributed by atoms with Crippen molar-refractivity contribution < 1.29 is 4.42 Å². The number of nitrogens with zero attached hydrogens (tertiary/aromatic N) is 1. The van der Waals surface area contributed by atoms with Crippen LogP contribution >= 0.6 is 0 Å². The van der Waals surface area contributed by atoms with Crippen molar-refractivity contribution in [2.24, 2.45) is 11.7 Å². The van der Waals surface area contributed by atoms with Crippen molar-refractivity contribution in [1.29, 1.82) is 0 Å². The van der Waals surface area contributed by atoms with Crippen molar-refractivity contribution in [3.8, 4) is 0 Å². The predicted molar refractivity (Wildman–Crippen MR) is 78.8 cm³/mol. The number of rotatable bonds is 5. The lowest BCUT2D eigenvalue weighted by molar-refractivity contribution is 0.148. The van der Waals surface area contributed by atoms with Gasteiger partial charge in [0.15, 0.2) is 0 Å². The Balaban J connectivity index is 1.88. The second kappa shape index (κ2) is 6.58. The Hall–Kier alpha value is -0.800. The first-order chi connectivity index (χ1) is 9.13. The molecule has 0 radical (unpaired) electrons. The Labute approximate surface area is 117 Å². The lowest BCUT2D eigenvalue weighted by atomic mass is 9.84. The van der Waals surface area contributed by atoms with Gasteiger partial charge in [-0.15, -0.1) is 0 Å². The summed E-state index contributed by atoms with van der Waals surface area (Å²) in [6, 6.07) is 2.83. The van der Waals surface area contributed by atoms with Crippen molar-refractivity contribution in [1.82, 2.24) is 4.90 Å². The van der Waals surface area contributed by atoms with Gasteiger partial charge in [0.2, 0.25) is 0 Å². The Morgan fingerprint density at radius 1 is 1.32 bits per heavy atom. The summed E-state index contributed by atoms with van der Waals surface area (Å²) in [5.74, 6) is 2.98. The maximum absolute atomic E-state index is 5.79. The fourth-order valence-corrected chi connectivity index (χ4v) is 3.24. The number of nitrogens with two attached hydrogens (primary N) is 1. The van der Waals surface area contributed by atoms with Gasteiger partial charge in [0, 0.05) is 18.2 Å². The van der Waals surface area contributed by atoms with Gasteiger partial charge < -0.3 is 10.2 Å². The van der Waals surface area contributed by atoms with E-state index in [2.05, 4.69) is 24.9 Å². The molecule has 0 aliphatic heterocycles. The van der Waals surface area contributed by atoms with E-state index in [1.165, 1.54) is 32.1 Å². The van der Waals surface area contributed by atoms with Crippen molar-refractivity contribution >= 4 is 0 Å². The number of hydrogen-bond donors (Lipinski definition) is 1. The molecule has 3 nitrogen and oxygen atoms in total. The minimum Gasteiger partial charge on any atom is -0.465 e. The molecular weight excluding hydrogens is 236 g/mol. The summed E-state index contributed by atoms with van der Waals surface area (Å²) in [4.78, 5) is 2.45. The highest BCUT2D eigenvalue weighted by atomic mass is 16.3. The van der Waals surface area contributed by atoms with Crippen molar-refractivity contribution in [2.75, 3.05) is 7.05 Å². The van der Waals surface area contributed by atoms with Crippen molar-refractivity contribution in [3.05, 3.63) is 23.2 Å². The van der Waals surface area contributed by atoms with E-state index in [0.29, 0.717) is 6.54 Å². The molecule has 1 fully saturated rings. The van der Waals surface area contributed by atoms with Gasteiger partial charge in [0.25, 0.3) is 0 Å². The monoisotopic (exact) mass is 264 g/mol. The highest BCUT2D eigenvalue weighted by molar-refractivity contribution is 5.20. The maximum atomic E-state index is 5.79. The Morgan fingerprint density at radius 3 is 2.53 bits per heavy atom. The molecule has 2 rings (SSSR count). The number of aryl methyl sites for hydroxylation is 1. The van der Waals surface area contributed by atoms with E-state index < -0.39 is 0 Å². The highest BCUT2D eigenvalue weighted by Gasteiger charge is 2.23. The van der Waals surface area contributed by atoms with E-state index in [-0.39, 0.29) is 0 Å². The quantitative estimate of drug-likeness (QED) is 0.885. The first kappa shape index (κ1) is 14.6. The molecule has 1 aromatic rings. The molecule has 0 spiro atoms. The van der Waals surface area contributed by atoms with Gasteiger partial charge in [-0.2, -0.15) is 0 Å². The lowest BCUT2D eigenvalue weighted by Crippen LogP contribution is -2.34. The van der Waals surface area contributed by atoms with Gasteiger partial charge >= 0.3 is 0 Å². The van der Waals surface area contributed by atoms with E-state index in [0.717, 1.165) is 35.6 Å². The molecule has 19 heavy (non-hydrogen) atoms. The minimum atomic E-state index is 0.570. The van der Waals surface area contributed by atoms with Gasteiger partial charge in [-0.3, -0.25) is 4.90 Å². The molecule has 0 amide bonds. The molecule has 0 bridgehead atoms. The third-order valence-corrected chi connectivity index (χ3v) is 4.71. The highest BCUT2D eigenvalue weighted by Crippen LogP contribution is 2.29. The molecule has 1 heterocycles. The van der Waals surface area contributed by atoms with Crippen LogP contribution in [-0.4, -0.2) is 18.0 Å². The van der Waals surface area contributed by atoms with Crippen molar-refractivity contribution in [3.63, 3.8) is 0 Å². The Morgan fingerprint density at radius 2 is 2.00 bits per heavy atom. The van der Waals surface area contributed by atoms with Crippen LogP contribution in [0.4, 0.5) is 0 Å². The number of furan rings is 1. The molecule has 1 saturated carbocycles. The van der Waals surface area contributed by atoms with Gasteiger partial charge in [-0.25, -0.2) is 0 Å². The van der Waals surface area contributed by atoms with Crippen molar-refractivity contribution in [2.45, 2.75) is 65.1 Å². The fraction of sp³-hybridized carbons (Fsp3) is 0.750. The SMILES string of the molecule is CCC1CCC(N(C)Cc2cc(CN)c(C)o2)CC1. The zero-order valence-electron chi connectivity index (χ0n) is 12.6. The van der Waals surface area contributed by atoms with Gasteiger partial charge in [0.05, 0.1) is 6.54 Å². The summed E-state index contributed by atoms with van der Waals surface area (Å²) in [6.45, 7) is 5.79. The van der Waals surface area contributed by atoms with Crippen LogP contribution in [0.2, 0.25) is 0 Å². The van der Waals surface area contributed by atoms with Crippen LogP contribution in [0.25, 0.3) is 0 Å². The first-order valence-corrected chi connectivity index (χ1v) is 7.62. The Bertz CT molecular complexity index is 391. The fourth-order valence-electron chi connectivity index (χ4n) is 3.24. The molecule has 1 aliphatic carbocycles. The van der Waals surface area contributed by atoms with E-state index in [9.17, 15) is 0 Å². The zero-order chi connectivity index (χ0) is 13.8. The number of hydrogen-bond acceptors (Lipinski definition) is 3. The molecular formula is C16H28N2O. The smallest absolute Gasteiger partial charge is 0.118 e. The maximum Gasteiger partial charge on any atom is 0.118 e. The van der Waals surface area contributed by atoms with Crippen LogP contribution in [0.3, 0.4) is 0 Å². The van der Waals surface area contributed by atoms with E-state index in [1.807, 2.05) is 6.92 Å². The summed E-state index contributed by atoms with van der Waals surface area (Å²) in [5, 5.41) is 0. The van der Waals surface area contributed by atoms with Gasteiger partial charge in [0.1, 0.15) is 11.5 Å². The molecule has 2 N–H and O–H groups in total. The zero-order valence-corrected chi connectivity index (χ0v) is 12.6. The first-order valence-electron chi connectivity index (χ1n) is 7.62. The summed E-state index contributed by atoms with van der Waals surface area (Å²) in [6.07, 6.45) is 6.78. The van der Waals surface area contributed by atoms with Crippen LogP contribution in [0.1, 0.15) is 56.1 Å². The van der Waals surface area contributed by atoms with Gasteiger partial charge in [-0.05, 0) is 51.6 Å². The standard InChI is InChI=1S/C16H28N2O/c1-4-13-5-7-15(8-6-13)18(3)11-16-9-14(10-17)12(2)19-16/h9,13,15H,4-8,10-11,17H2,1-3H3. The summed E-state index contributed by atoms with van der Waals surface area (Å²) < 4.78 is 5.79. The van der Waals surface area contributed by atoms with Gasteiger partial charge in [-0.1, -0.05) is 13.3 Å². The normalized spacial score (nSPS) is 24.1. The average molecular weight is 264 g/mol. The third kappa shape index (κ3) is 3.61. The van der Waals surface area contributed by atoms with Crippen LogP contribution in [-0.2, 0) is 13.1 Å². The largest absolute Gasteiger partial charge is 0.465 e. The summed E-state index contributed by atoms with van der Waals surface area (Å²) >= 11 is 0.